The normalized spacial score (nSPS) is 17.6. The van der Waals surface area contributed by atoms with Gasteiger partial charge in [-0.05, 0) is 47.9 Å². The molecule has 4 aromatic rings. The Kier molecular flexibility index (Phi) is 10.1. The largest absolute Gasteiger partial charge is 0.375 e. The average molecular weight is 679 g/mol. The predicted molar refractivity (Wildman–Crippen MR) is 189 cm³/mol. The molecule has 2 saturated heterocycles. The lowest BCUT2D eigenvalue weighted by atomic mass is 9.99. The number of amides is 5. The number of anilines is 2. The van der Waals surface area contributed by atoms with Crippen molar-refractivity contribution >= 4 is 56.1 Å². The first-order valence-corrected chi connectivity index (χ1v) is 17.0. The summed E-state index contributed by atoms with van der Waals surface area (Å²) in [5, 5.41) is 9.32. The van der Waals surface area contributed by atoms with Crippen LogP contribution in [0, 0.1) is 12.3 Å². The number of urea groups is 1. The molecule has 3 aromatic carbocycles. The Hall–Kier alpha value is -5.45. The Morgan fingerprint density at radius 3 is 2.59 bits per heavy atom. The van der Waals surface area contributed by atoms with Crippen LogP contribution in [0.15, 0.2) is 72.8 Å². The van der Waals surface area contributed by atoms with Crippen LogP contribution in [-0.2, 0) is 22.6 Å². The Bertz CT molecular complexity index is 1890. The molecular weight excluding hydrogens is 641 g/mol. The SMILES string of the molecule is C#CCN(C(=O)NCCCC)N1CC(=O)N2[C@@H](Cc3ccc(NC(=O)c4ccccc4)cc3)C(=O)N(Cc3cccc4sc(N)nc34)C[C@@H]21. The summed E-state index contributed by atoms with van der Waals surface area (Å²) in [4.78, 5) is 61.9. The van der Waals surface area contributed by atoms with Crippen LogP contribution >= 0.6 is 11.3 Å². The number of aromatic nitrogens is 1. The van der Waals surface area contributed by atoms with Crippen molar-refractivity contribution in [1.29, 1.82) is 0 Å². The van der Waals surface area contributed by atoms with Crippen LogP contribution in [0.1, 0.15) is 41.3 Å². The zero-order valence-electron chi connectivity index (χ0n) is 27.2. The molecule has 0 spiro atoms. The quantitative estimate of drug-likeness (QED) is 0.161. The van der Waals surface area contributed by atoms with Crippen molar-refractivity contribution in [2.24, 2.45) is 0 Å². The Labute approximate surface area is 288 Å². The summed E-state index contributed by atoms with van der Waals surface area (Å²) in [5.74, 6) is 1.83. The Morgan fingerprint density at radius 2 is 1.86 bits per heavy atom. The van der Waals surface area contributed by atoms with Crippen LogP contribution in [0.2, 0.25) is 0 Å². The van der Waals surface area contributed by atoms with Crippen molar-refractivity contribution in [3.05, 3.63) is 89.5 Å². The number of terminal acetylenes is 1. The molecule has 2 fully saturated rings. The highest BCUT2D eigenvalue weighted by Gasteiger charge is 2.52. The summed E-state index contributed by atoms with van der Waals surface area (Å²) in [5.41, 5.74) is 9.53. The third-order valence-electron chi connectivity index (χ3n) is 8.72. The van der Waals surface area contributed by atoms with Gasteiger partial charge in [-0.1, -0.05) is 73.1 Å². The standard InChI is InChI=1S/C36H38N8O4S/c1-3-5-18-38-36(48)42(19-4-2)43-23-31(45)44-28(20-24-14-16-27(17-15-24)39-33(46)25-10-7-6-8-11-25)34(47)41(22-30(43)44)21-26-12-9-13-29-32(26)40-35(37)49-29/h2,6-17,28,30H,3,5,18-23H2,1H3,(H2,37,40)(H,38,48)(H,39,46)/t28-,30+/m0/s1. The minimum Gasteiger partial charge on any atom is -0.375 e. The summed E-state index contributed by atoms with van der Waals surface area (Å²) in [7, 11) is 0. The number of rotatable bonds is 11. The number of nitrogens with zero attached hydrogens (tertiary/aromatic N) is 5. The molecular formula is C36H38N8O4S. The van der Waals surface area contributed by atoms with E-state index in [1.54, 1.807) is 51.2 Å². The number of nitrogens with two attached hydrogens (primary N) is 1. The van der Waals surface area contributed by atoms with Gasteiger partial charge in [0.05, 0.1) is 29.9 Å². The highest BCUT2D eigenvalue weighted by molar-refractivity contribution is 7.22. The predicted octanol–water partition coefficient (Wildman–Crippen LogP) is 3.91. The highest BCUT2D eigenvalue weighted by atomic mass is 32.1. The van der Waals surface area contributed by atoms with Crippen molar-refractivity contribution in [1.82, 2.24) is 30.1 Å². The third kappa shape index (κ3) is 7.20. The van der Waals surface area contributed by atoms with Crippen molar-refractivity contribution in [3.8, 4) is 12.3 Å². The number of hydrogen-bond donors (Lipinski definition) is 3. The molecule has 0 bridgehead atoms. The minimum atomic E-state index is -0.850. The van der Waals surface area contributed by atoms with E-state index >= 15 is 0 Å². The molecule has 49 heavy (non-hydrogen) atoms. The number of unbranched alkanes of at least 4 members (excludes halogenated alkanes) is 1. The van der Waals surface area contributed by atoms with Gasteiger partial charge in [0.2, 0.25) is 11.8 Å². The van der Waals surface area contributed by atoms with Gasteiger partial charge in [-0.15, -0.1) is 6.42 Å². The summed E-state index contributed by atoms with van der Waals surface area (Å²) in [6, 6.07) is 20.7. The number of nitrogen functional groups attached to an aromatic ring is 1. The third-order valence-corrected chi connectivity index (χ3v) is 9.57. The Morgan fingerprint density at radius 1 is 1.08 bits per heavy atom. The van der Waals surface area contributed by atoms with Crippen LogP contribution in [0.5, 0.6) is 0 Å². The van der Waals surface area contributed by atoms with Gasteiger partial charge in [0, 0.05) is 30.8 Å². The monoisotopic (exact) mass is 678 g/mol. The molecule has 252 valence electrons. The maximum atomic E-state index is 14.3. The van der Waals surface area contributed by atoms with Crippen LogP contribution in [-0.4, -0.2) is 86.9 Å². The number of para-hydroxylation sites is 1. The lowest BCUT2D eigenvalue weighted by Gasteiger charge is -2.46. The first kappa shape index (κ1) is 33.5. The molecule has 0 unspecified atom stereocenters. The molecule has 13 heteroatoms. The van der Waals surface area contributed by atoms with Crippen molar-refractivity contribution in [2.45, 2.75) is 44.9 Å². The van der Waals surface area contributed by atoms with E-state index in [4.69, 9.17) is 12.2 Å². The van der Waals surface area contributed by atoms with E-state index in [-0.39, 0.29) is 50.3 Å². The molecule has 5 amide bonds. The number of nitrogens with one attached hydrogen (secondary N) is 2. The van der Waals surface area contributed by atoms with Gasteiger partial charge in [0.1, 0.15) is 12.2 Å². The summed E-state index contributed by atoms with van der Waals surface area (Å²) in [6.45, 7) is 2.76. The molecule has 2 atom stereocenters. The first-order valence-electron chi connectivity index (χ1n) is 16.2. The molecule has 6 rings (SSSR count). The van der Waals surface area contributed by atoms with Gasteiger partial charge < -0.3 is 26.2 Å². The Balaban J connectivity index is 1.29. The molecule has 2 aliphatic heterocycles. The number of benzene rings is 3. The molecule has 2 aliphatic rings. The number of hydrogen-bond acceptors (Lipinski definition) is 8. The molecule has 0 radical (unpaired) electrons. The zero-order chi connectivity index (χ0) is 34.5. The number of piperazine rings is 1. The highest BCUT2D eigenvalue weighted by Crippen LogP contribution is 2.32. The van der Waals surface area contributed by atoms with Gasteiger partial charge in [0.15, 0.2) is 5.13 Å². The minimum absolute atomic E-state index is 0.0399. The number of carbonyl (C=O) groups excluding carboxylic acids is 4. The second-order valence-corrected chi connectivity index (χ2v) is 13.1. The van der Waals surface area contributed by atoms with E-state index in [1.165, 1.54) is 16.3 Å². The topological polar surface area (TPSA) is 144 Å². The van der Waals surface area contributed by atoms with Gasteiger partial charge in [-0.25, -0.2) is 14.8 Å². The van der Waals surface area contributed by atoms with E-state index < -0.39 is 18.2 Å². The maximum absolute atomic E-state index is 14.3. The van der Waals surface area contributed by atoms with Crippen LogP contribution in [0.4, 0.5) is 15.6 Å². The van der Waals surface area contributed by atoms with Crippen molar-refractivity contribution in [3.63, 3.8) is 0 Å². The van der Waals surface area contributed by atoms with Crippen LogP contribution in [0.3, 0.4) is 0 Å². The molecule has 0 saturated carbocycles. The number of thiazole rings is 1. The van der Waals surface area contributed by atoms with Crippen molar-refractivity contribution < 1.29 is 19.2 Å². The van der Waals surface area contributed by atoms with Gasteiger partial charge >= 0.3 is 6.03 Å². The average Bonchev–Trinajstić information content (AvgIpc) is 3.65. The molecule has 1 aromatic heterocycles. The first-order chi connectivity index (χ1) is 23.8. The zero-order valence-corrected chi connectivity index (χ0v) is 28.0. The number of fused-ring (bicyclic) bond motifs is 2. The van der Waals surface area contributed by atoms with Gasteiger partial charge in [0.25, 0.3) is 5.91 Å². The van der Waals surface area contributed by atoms with Crippen molar-refractivity contribution in [2.75, 3.05) is 37.2 Å². The van der Waals surface area contributed by atoms with E-state index in [0.29, 0.717) is 22.9 Å². The second kappa shape index (κ2) is 14.8. The fraction of sp³-hybridized carbons (Fsp3) is 0.306. The van der Waals surface area contributed by atoms with Crippen LogP contribution < -0.4 is 16.4 Å². The smallest absolute Gasteiger partial charge is 0.332 e. The molecule has 3 heterocycles. The fourth-order valence-electron chi connectivity index (χ4n) is 6.32. The lowest BCUT2D eigenvalue weighted by Crippen LogP contribution is -2.66. The summed E-state index contributed by atoms with van der Waals surface area (Å²) in [6.07, 6.45) is 7.00. The lowest BCUT2D eigenvalue weighted by molar-refractivity contribution is -0.157. The maximum Gasteiger partial charge on any atom is 0.332 e. The number of hydrazine groups is 1. The fourth-order valence-corrected chi connectivity index (χ4v) is 7.10. The van der Waals surface area contributed by atoms with E-state index in [1.807, 2.05) is 43.3 Å². The molecule has 12 nitrogen and oxygen atoms in total. The second-order valence-electron chi connectivity index (χ2n) is 12.0. The number of carbonyl (C=O) groups is 4. The summed E-state index contributed by atoms with van der Waals surface area (Å²) < 4.78 is 0.915. The van der Waals surface area contributed by atoms with Gasteiger partial charge in [-0.3, -0.25) is 14.4 Å². The van der Waals surface area contributed by atoms with E-state index in [9.17, 15) is 19.2 Å². The molecule has 0 aliphatic carbocycles. The summed E-state index contributed by atoms with van der Waals surface area (Å²) >= 11 is 1.38. The van der Waals surface area contributed by atoms with E-state index in [2.05, 4.69) is 21.5 Å². The molecule has 4 N–H and O–H groups in total. The van der Waals surface area contributed by atoms with Gasteiger partial charge in [-0.2, -0.15) is 5.01 Å². The van der Waals surface area contributed by atoms with E-state index in [0.717, 1.165) is 34.2 Å². The van der Waals surface area contributed by atoms with Crippen LogP contribution in [0.25, 0.3) is 10.2 Å².